The minimum absolute atomic E-state index is 0.0594. The van der Waals surface area contributed by atoms with Gasteiger partial charge in [0, 0.05) is 13.2 Å². The first-order chi connectivity index (χ1) is 20.5. The molecule has 0 saturated carbocycles. The van der Waals surface area contributed by atoms with Crippen molar-refractivity contribution in [1.29, 1.82) is 0 Å². The van der Waals surface area contributed by atoms with E-state index in [2.05, 4.69) is 9.97 Å². The highest BCUT2D eigenvalue weighted by Crippen LogP contribution is 2.40. The largest absolute Gasteiger partial charge is 0.478 e. The molecule has 4 heterocycles. The van der Waals surface area contributed by atoms with Gasteiger partial charge in [-0.15, -0.1) is 0 Å². The predicted molar refractivity (Wildman–Crippen MR) is 148 cm³/mol. The lowest BCUT2D eigenvalue weighted by atomic mass is 9.97. The van der Waals surface area contributed by atoms with Crippen LogP contribution in [-0.2, 0) is 37.0 Å². The van der Waals surface area contributed by atoms with Crippen LogP contribution in [0.4, 0.5) is 17.6 Å². The summed E-state index contributed by atoms with van der Waals surface area (Å²) >= 11 is 0. The summed E-state index contributed by atoms with van der Waals surface area (Å²) in [7, 11) is 0. The standard InChI is InChI=1S/C31H30F4N4O4/c1-17-3-5-19(6-4-17)16-43-29-23(31(33,34)35)11-20-7-9-38(18(2)27(20)37-29)15-26-36-28-24(32)12-21(30(40)41)13-25(28)39(26)14-22-8-10-42-22/h3-6,11-13,18,22H,7-10,14-16H2,1-2H3,(H,40,41)/t18-,22-/m0/s1. The Balaban J connectivity index is 1.32. The Morgan fingerprint density at radius 3 is 2.56 bits per heavy atom. The van der Waals surface area contributed by atoms with Crippen molar-refractivity contribution in [2.24, 2.45) is 0 Å². The summed E-state index contributed by atoms with van der Waals surface area (Å²) in [6.45, 7) is 5.36. The minimum Gasteiger partial charge on any atom is -0.478 e. The number of pyridine rings is 1. The SMILES string of the molecule is Cc1ccc(COc2nc3c(cc2C(F)(F)F)CCN(Cc2nc4c(F)cc(C(=O)O)cc4n2C[C@@H]2CCO2)[C@H]3C)cc1. The van der Waals surface area contributed by atoms with Crippen LogP contribution in [0.1, 0.15) is 63.5 Å². The second kappa shape index (κ2) is 11.2. The maximum atomic E-state index is 15.0. The normalized spacial score (nSPS) is 18.8. The van der Waals surface area contributed by atoms with Crippen LogP contribution in [0.5, 0.6) is 5.88 Å². The number of carboxylic acids is 1. The van der Waals surface area contributed by atoms with Gasteiger partial charge in [-0.1, -0.05) is 29.8 Å². The topological polar surface area (TPSA) is 89.7 Å². The summed E-state index contributed by atoms with van der Waals surface area (Å²) in [5.41, 5.74) is 2.04. The molecule has 1 N–H and O–H groups in total. The van der Waals surface area contributed by atoms with Gasteiger partial charge in [0.05, 0.1) is 42.0 Å². The number of carboxylic acid groups (broad SMARTS) is 1. The molecule has 4 aromatic rings. The Bertz CT molecular complexity index is 1680. The molecule has 0 unspecified atom stereocenters. The molecule has 2 aliphatic heterocycles. The fourth-order valence-electron chi connectivity index (χ4n) is 5.60. The number of aromatic carboxylic acids is 1. The van der Waals surface area contributed by atoms with E-state index in [1.165, 1.54) is 6.07 Å². The van der Waals surface area contributed by atoms with Crippen LogP contribution in [0.3, 0.4) is 0 Å². The number of rotatable bonds is 8. The lowest BCUT2D eigenvalue weighted by Gasteiger charge is -2.35. The molecule has 8 nitrogen and oxygen atoms in total. The fraction of sp³-hybridized carbons (Fsp3) is 0.387. The Labute approximate surface area is 244 Å². The zero-order chi connectivity index (χ0) is 30.5. The summed E-state index contributed by atoms with van der Waals surface area (Å²) in [6, 6.07) is 10.4. The number of halogens is 4. The first kappa shape index (κ1) is 29.1. The summed E-state index contributed by atoms with van der Waals surface area (Å²) < 4.78 is 70.1. The predicted octanol–water partition coefficient (Wildman–Crippen LogP) is 6.08. The number of aryl methyl sites for hydroxylation is 1. The number of fused-ring (bicyclic) bond motifs is 2. The third kappa shape index (κ3) is 5.81. The van der Waals surface area contributed by atoms with E-state index in [4.69, 9.17) is 9.47 Å². The molecule has 6 rings (SSSR count). The highest BCUT2D eigenvalue weighted by Gasteiger charge is 2.38. The van der Waals surface area contributed by atoms with Crippen LogP contribution >= 0.6 is 0 Å². The molecule has 12 heteroatoms. The number of ether oxygens (including phenoxy) is 2. The molecule has 226 valence electrons. The van der Waals surface area contributed by atoms with E-state index >= 15 is 0 Å². The van der Waals surface area contributed by atoms with E-state index in [0.29, 0.717) is 48.7 Å². The first-order valence-corrected chi connectivity index (χ1v) is 14.0. The van der Waals surface area contributed by atoms with Crippen molar-refractivity contribution in [1.82, 2.24) is 19.4 Å². The monoisotopic (exact) mass is 598 g/mol. The fourth-order valence-corrected chi connectivity index (χ4v) is 5.60. The Kier molecular flexibility index (Phi) is 7.59. The average molecular weight is 599 g/mol. The third-order valence-corrected chi connectivity index (χ3v) is 8.17. The van der Waals surface area contributed by atoms with Gasteiger partial charge in [0.1, 0.15) is 23.5 Å². The minimum atomic E-state index is -4.64. The van der Waals surface area contributed by atoms with Gasteiger partial charge >= 0.3 is 12.1 Å². The zero-order valence-electron chi connectivity index (χ0n) is 23.6. The van der Waals surface area contributed by atoms with Crippen molar-refractivity contribution in [3.8, 4) is 5.88 Å². The molecule has 0 amide bonds. The van der Waals surface area contributed by atoms with Crippen LogP contribution < -0.4 is 4.74 Å². The molecule has 1 saturated heterocycles. The number of alkyl halides is 3. The number of benzene rings is 2. The van der Waals surface area contributed by atoms with E-state index in [1.807, 2.05) is 30.9 Å². The maximum Gasteiger partial charge on any atom is 0.421 e. The first-order valence-electron chi connectivity index (χ1n) is 14.0. The molecule has 2 aromatic carbocycles. The van der Waals surface area contributed by atoms with E-state index in [1.54, 1.807) is 16.7 Å². The van der Waals surface area contributed by atoms with Crippen molar-refractivity contribution >= 4 is 17.0 Å². The van der Waals surface area contributed by atoms with E-state index in [-0.39, 0.29) is 30.3 Å². The molecule has 43 heavy (non-hydrogen) atoms. The lowest BCUT2D eigenvalue weighted by molar-refractivity contribution is -0.139. The Morgan fingerprint density at radius 2 is 1.91 bits per heavy atom. The van der Waals surface area contributed by atoms with E-state index < -0.39 is 35.4 Å². The van der Waals surface area contributed by atoms with Crippen LogP contribution in [0.2, 0.25) is 0 Å². The molecule has 1 fully saturated rings. The van der Waals surface area contributed by atoms with Gasteiger partial charge < -0.3 is 19.1 Å². The van der Waals surface area contributed by atoms with Gasteiger partial charge in [-0.05, 0) is 56.0 Å². The number of carbonyl (C=O) groups is 1. The van der Waals surface area contributed by atoms with Crippen molar-refractivity contribution in [2.45, 2.75) is 64.7 Å². The van der Waals surface area contributed by atoms with E-state index in [0.717, 1.165) is 29.7 Å². The number of nitrogens with zero attached hydrogens (tertiary/aromatic N) is 4. The number of hydrogen-bond donors (Lipinski definition) is 1. The van der Waals surface area contributed by atoms with Gasteiger partial charge in [0.15, 0.2) is 5.82 Å². The maximum absolute atomic E-state index is 15.0. The number of hydrogen-bond acceptors (Lipinski definition) is 6. The Hall–Kier alpha value is -4.03. The molecular weight excluding hydrogens is 568 g/mol. The zero-order valence-corrected chi connectivity index (χ0v) is 23.6. The van der Waals surface area contributed by atoms with Crippen LogP contribution in [0, 0.1) is 12.7 Å². The van der Waals surface area contributed by atoms with Crippen molar-refractivity contribution in [2.75, 3.05) is 13.2 Å². The van der Waals surface area contributed by atoms with Gasteiger partial charge in [-0.3, -0.25) is 4.90 Å². The van der Waals surface area contributed by atoms with E-state index in [9.17, 15) is 27.5 Å². The Morgan fingerprint density at radius 1 is 1.16 bits per heavy atom. The highest BCUT2D eigenvalue weighted by atomic mass is 19.4. The molecule has 0 aliphatic carbocycles. The summed E-state index contributed by atoms with van der Waals surface area (Å²) in [6.07, 6.45) is -3.62. The molecule has 0 spiro atoms. The second-order valence-electron chi connectivity index (χ2n) is 11.1. The van der Waals surface area contributed by atoms with Crippen molar-refractivity contribution < 1.29 is 36.9 Å². The second-order valence-corrected chi connectivity index (χ2v) is 11.1. The van der Waals surface area contributed by atoms with Crippen LogP contribution in [-0.4, -0.2) is 49.8 Å². The molecule has 2 atom stereocenters. The molecule has 0 radical (unpaired) electrons. The molecule has 0 bridgehead atoms. The third-order valence-electron chi connectivity index (χ3n) is 8.17. The summed E-state index contributed by atoms with van der Waals surface area (Å²) in [5, 5.41) is 9.48. The molecule has 2 aliphatic rings. The van der Waals surface area contributed by atoms with Crippen LogP contribution in [0.15, 0.2) is 42.5 Å². The number of imidazole rings is 1. The lowest BCUT2D eigenvalue weighted by Crippen LogP contribution is -2.36. The molecular formula is C31H30F4N4O4. The quantitative estimate of drug-likeness (QED) is 0.246. The van der Waals surface area contributed by atoms with Gasteiger partial charge in [-0.2, -0.15) is 13.2 Å². The van der Waals surface area contributed by atoms with Gasteiger partial charge in [0.2, 0.25) is 5.88 Å². The molecule has 2 aromatic heterocycles. The summed E-state index contributed by atoms with van der Waals surface area (Å²) in [4.78, 5) is 22.6. The average Bonchev–Trinajstić information content (AvgIpc) is 3.28. The van der Waals surface area contributed by atoms with Gasteiger partial charge in [-0.25, -0.2) is 19.2 Å². The van der Waals surface area contributed by atoms with Crippen molar-refractivity contribution in [3.63, 3.8) is 0 Å². The smallest absolute Gasteiger partial charge is 0.421 e. The number of aromatic nitrogens is 3. The van der Waals surface area contributed by atoms with Gasteiger partial charge in [0.25, 0.3) is 0 Å². The van der Waals surface area contributed by atoms with Crippen LogP contribution in [0.25, 0.3) is 11.0 Å². The highest BCUT2D eigenvalue weighted by molar-refractivity contribution is 5.92. The van der Waals surface area contributed by atoms with Crippen molar-refractivity contribution in [3.05, 3.63) is 87.6 Å². The summed E-state index contributed by atoms with van der Waals surface area (Å²) in [5.74, 6) is -1.96.